The molecule has 0 unspecified atom stereocenters. The third-order valence-electron chi connectivity index (χ3n) is 3.89. The van der Waals surface area contributed by atoms with Gasteiger partial charge in [-0.1, -0.05) is 17.7 Å². The highest BCUT2D eigenvalue weighted by Gasteiger charge is 2.19. The number of nitrogens with zero attached hydrogens (tertiary/aromatic N) is 3. The molecule has 0 atom stereocenters. The fourth-order valence-electron chi connectivity index (χ4n) is 2.68. The Morgan fingerprint density at radius 3 is 2.43 bits per heavy atom. The average molecular weight is 303 g/mol. The number of anilines is 3. The van der Waals surface area contributed by atoms with Gasteiger partial charge in [0.1, 0.15) is 5.82 Å². The minimum atomic E-state index is 0.701. The summed E-state index contributed by atoms with van der Waals surface area (Å²) in [6.45, 7) is 5.95. The first-order valence-electron chi connectivity index (χ1n) is 7.11. The third-order valence-corrected chi connectivity index (χ3v) is 4.12. The Morgan fingerprint density at radius 1 is 1.05 bits per heavy atom. The number of nitrogen functional groups attached to an aromatic ring is 1. The molecule has 0 saturated carbocycles. The summed E-state index contributed by atoms with van der Waals surface area (Å²) in [7, 11) is 0. The molecule has 0 spiro atoms. The van der Waals surface area contributed by atoms with Gasteiger partial charge in [0.15, 0.2) is 0 Å². The molecule has 0 amide bonds. The molecule has 2 heterocycles. The Kier molecular flexibility index (Phi) is 3.88. The van der Waals surface area contributed by atoms with Crippen molar-refractivity contribution in [2.45, 2.75) is 6.92 Å². The predicted octanol–water partition coefficient (Wildman–Crippen LogP) is 2.95. The van der Waals surface area contributed by atoms with Gasteiger partial charge in [-0.2, -0.15) is 0 Å². The van der Waals surface area contributed by atoms with Gasteiger partial charge < -0.3 is 15.5 Å². The summed E-state index contributed by atoms with van der Waals surface area (Å²) in [5.74, 6) is 0.992. The standard InChI is InChI=1S/C16H19ClN4/c1-12-2-3-13(17)10-15(12)20-6-8-21(9-7-20)16-5-4-14(18)11-19-16/h2-5,10-11H,6-9,18H2,1H3. The maximum Gasteiger partial charge on any atom is 0.128 e. The lowest BCUT2D eigenvalue weighted by Crippen LogP contribution is -2.47. The molecule has 0 bridgehead atoms. The molecule has 2 N–H and O–H groups in total. The highest BCUT2D eigenvalue weighted by molar-refractivity contribution is 6.30. The van der Waals surface area contributed by atoms with E-state index in [9.17, 15) is 0 Å². The quantitative estimate of drug-likeness (QED) is 0.926. The number of halogens is 1. The van der Waals surface area contributed by atoms with E-state index in [1.807, 2.05) is 24.3 Å². The van der Waals surface area contributed by atoms with Crippen LogP contribution in [0.15, 0.2) is 36.5 Å². The van der Waals surface area contributed by atoms with Crippen molar-refractivity contribution < 1.29 is 0 Å². The molecule has 1 aliphatic heterocycles. The Morgan fingerprint density at radius 2 is 1.76 bits per heavy atom. The molecular formula is C16H19ClN4. The minimum absolute atomic E-state index is 0.701. The third kappa shape index (κ3) is 3.05. The van der Waals surface area contributed by atoms with Gasteiger partial charge in [-0.3, -0.25) is 0 Å². The number of benzene rings is 1. The maximum absolute atomic E-state index is 6.12. The summed E-state index contributed by atoms with van der Waals surface area (Å²) in [5.41, 5.74) is 8.88. The highest BCUT2D eigenvalue weighted by Crippen LogP contribution is 2.26. The Bertz CT molecular complexity index is 619. The van der Waals surface area contributed by atoms with Crippen molar-refractivity contribution in [2.75, 3.05) is 41.7 Å². The molecule has 5 heteroatoms. The first-order valence-corrected chi connectivity index (χ1v) is 7.49. The summed E-state index contributed by atoms with van der Waals surface area (Å²) in [6, 6.07) is 9.94. The summed E-state index contributed by atoms with van der Waals surface area (Å²) >= 11 is 6.12. The van der Waals surface area contributed by atoms with E-state index in [0.29, 0.717) is 5.69 Å². The van der Waals surface area contributed by atoms with Gasteiger partial charge >= 0.3 is 0 Å². The van der Waals surface area contributed by atoms with E-state index in [4.69, 9.17) is 17.3 Å². The largest absolute Gasteiger partial charge is 0.397 e. The van der Waals surface area contributed by atoms with Crippen LogP contribution in [0, 0.1) is 6.92 Å². The second-order valence-corrected chi connectivity index (χ2v) is 5.79. The topological polar surface area (TPSA) is 45.4 Å². The molecule has 110 valence electrons. The Labute approximate surface area is 130 Å². The van der Waals surface area contributed by atoms with Crippen molar-refractivity contribution in [2.24, 2.45) is 0 Å². The van der Waals surface area contributed by atoms with Gasteiger partial charge in [0.2, 0.25) is 0 Å². The minimum Gasteiger partial charge on any atom is -0.397 e. The van der Waals surface area contributed by atoms with Gasteiger partial charge in [-0.05, 0) is 36.8 Å². The molecule has 4 nitrogen and oxygen atoms in total. The fraction of sp³-hybridized carbons (Fsp3) is 0.312. The van der Waals surface area contributed by atoms with Crippen LogP contribution in [-0.4, -0.2) is 31.2 Å². The van der Waals surface area contributed by atoms with E-state index in [2.05, 4.69) is 27.8 Å². The summed E-state index contributed by atoms with van der Waals surface area (Å²) in [4.78, 5) is 9.06. The van der Waals surface area contributed by atoms with Crippen LogP contribution < -0.4 is 15.5 Å². The Balaban J connectivity index is 1.70. The number of rotatable bonds is 2. The number of pyridine rings is 1. The monoisotopic (exact) mass is 302 g/mol. The molecule has 1 aromatic carbocycles. The number of nitrogens with two attached hydrogens (primary N) is 1. The van der Waals surface area contributed by atoms with E-state index in [-0.39, 0.29) is 0 Å². The van der Waals surface area contributed by atoms with Crippen LogP contribution in [0.4, 0.5) is 17.2 Å². The van der Waals surface area contributed by atoms with E-state index in [1.165, 1.54) is 11.3 Å². The zero-order valence-electron chi connectivity index (χ0n) is 12.1. The molecule has 0 aliphatic carbocycles. The van der Waals surface area contributed by atoms with Crippen molar-refractivity contribution in [3.63, 3.8) is 0 Å². The van der Waals surface area contributed by atoms with E-state index >= 15 is 0 Å². The van der Waals surface area contributed by atoms with Gasteiger partial charge in [-0.25, -0.2) is 4.98 Å². The number of aromatic nitrogens is 1. The lowest BCUT2D eigenvalue weighted by Gasteiger charge is -2.37. The van der Waals surface area contributed by atoms with Crippen molar-refractivity contribution in [3.05, 3.63) is 47.1 Å². The molecule has 1 aliphatic rings. The summed E-state index contributed by atoms with van der Waals surface area (Å²) < 4.78 is 0. The van der Waals surface area contributed by atoms with Crippen LogP contribution in [-0.2, 0) is 0 Å². The van der Waals surface area contributed by atoms with Crippen molar-refractivity contribution in [3.8, 4) is 0 Å². The Hall–Kier alpha value is -1.94. The van der Waals surface area contributed by atoms with Crippen LogP contribution >= 0.6 is 11.6 Å². The SMILES string of the molecule is Cc1ccc(Cl)cc1N1CCN(c2ccc(N)cn2)CC1. The normalized spacial score (nSPS) is 15.3. The number of hydrogen-bond acceptors (Lipinski definition) is 4. The molecule has 0 radical (unpaired) electrons. The van der Waals surface area contributed by atoms with Crippen molar-refractivity contribution >= 4 is 28.8 Å². The number of piperazine rings is 1. The zero-order chi connectivity index (χ0) is 14.8. The highest BCUT2D eigenvalue weighted by atomic mass is 35.5. The second-order valence-electron chi connectivity index (χ2n) is 5.35. The second kappa shape index (κ2) is 5.82. The maximum atomic E-state index is 6.12. The molecular weight excluding hydrogens is 284 g/mol. The van der Waals surface area contributed by atoms with Gasteiger partial charge in [0, 0.05) is 36.9 Å². The van der Waals surface area contributed by atoms with Crippen molar-refractivity contribution in [1.82, 2.24) is 4.98 Å². The molecule has 1 fully saturated rings. The molecule has 1 saturated heterocycles. The lowest BCUT2D eigenvalue weighted by atomic mass is 10.1. The predicted molar refractivity (Wildman–Crippen MR) is 89.3 cm³/mol. The van der Waals surface area contributed by atoms with E-state index in [0.717, 1.165) is 37.0 Å². The zero-order valence-corrected chi connectivity index (χ0v) is 12.8. The van der Waals surface area contributed by atoms with E-state index < -0.39 is 0 Å². The number of aryl methyl sites for hydroxylation is 1. The molecule has 1 aromatic heterocycles. The summed E-state index contributed by atoms with van der Waals surface area (Å²) in [6.07, 6.45) is 1.71. The smallest absolute Gasteiger partial charge is 0.128 e. The average Bonchev–Trinajstić information content (AvgIpc) is 2.51. The van der Waals surface area contributed by atoms with Crippen LogP contribution in [0.2, 0.25) is 5.02 Å². The van der Waals surface area contributed by atoms with E-state index in [1.54, 1.807) is 6.20 Å². The van der Waals surface area contributed by atoms with Crippen LogP contribution in [0.3, 0.4) is 0 Å². The molecule has 3 rings (SSSR count). The molecule has 21 heavy (non-hydrogen) atoms. The van der Waals surface area contributed by atoms with Gasteiger partial charge in [-0.15, -0.1) is 0 Å². The van der Waals surface area contributed by atoms with Gasteiger partial charge in [0.05, 0.1) is 11.9 Å². The first kappa shape index (κ1) is 14.0. The van der Waals surface area contributed by atoms with Gasteiger partial charge in [0.25, 0.3) is 0 Å². The lowest BCUT2D eigenvalue weighted by molar-refractivity contribution is 0.646. The van der Waals surface area contributed by atoms with Crippen molar-refractivity contribution in [1.29, 1.82) is 0 Å². The number of hydrogen-bond donors (Lipinski definition) is 1. The summed E-state index contributed by atoms with van der Waals surface area (Å²) in [5, 5.41) is 0.790. The van der Waals surface area contributed by atoms with Crippen LogP contribution in [0.1, 0.15) is 5.56 Å². The first-order chi connectivity index (χ1) is 10.1. The van der Waals surface area contributed by atoms with Crippen LogP contribution in [0.25, 0.3) is 0 Å². The molecule has 2 aromatic rings. The van der Waals surface area contributed by atoms with Crippen LogP contribution in [0.5, 0.6) is 0 Å². The fourth-order valence-corrected chi connectivity index (χ4v) is 2.85.